The fraction of sp³-hybridized carbons (Fsp3) is 0.211. The Morgan fingerprint density at radius 2 is 2.04 bits per heavy atom. The molecule has 6 nitrogen and oxygen atoms in total. The number of anilines is 2. The van der Waals surface area contributed by atoms with Gasteiger partial charge in [0.05, 0.1) is 17.0 Å². The van der Waals surface area contributed by atoms with Gasteiger partial charge in [-0.2, -0.15) is 0 Å². The molecule has 3 aromatic rings. The molecule has 1 atom stereocenters. The number of carbonyl (C=O) groups is 2. The first-order valence-corrected chi connectivity index (χ1v) is 8.33. The van der Waals surface area contributed by atoms with Gasteiger partial charge in [-0.3, -0.25) is 9.59 Å². The van der Waals surface area contributed by atoms with Gasteiger partial charge in [-0.25, -0.2) is 9.37 Å². The smallest absolute Gasteiger partial charge is 0.229 e. The van der Waals surface area contributed by atoms with Gasteiger partial charge >= 0.3 is 0 Å². The average molecular weight is 352 g/mol. The van der Waals surface area contributed by atoms with E-state index in [9.17, 15) is 14.0 Å². The maximum Gasteiger partial charge on any atom is 0.229 e. The van der Waals surface area contributed by atoms with Gasteiger partial charge in [-0.1, -0.05) is 0 Å². The molecule has 7 heteroatoms. The molecular weight excluding hydrogens is 335 g/mol. The molecule has 2 amide bonds. The van der Waals surface area contributed by atoms with Crippen molar-refractivity contribution in [3.63, 3.8) is 0 Å². The van der Waals surface area contributed by atoms with Crippen LogP contribution in [0.5, 0.6) is 0 Å². The predicted octanol–water partition coefficient (Wildman–Crippen LogP) is 3.00. The molecule has 1 aromatic heterocycles. The lowest BCUT2D eigenvalue weighted by atomic mass is 10.1. The third kappa shape index (κ3) is 3.03. The summed E-state index contributed by atoms with van der Waals surface area (Å²) in [6.07, 6.45) is 0.134. The number of hydrogen-bond acceptors (Lipinski definition) is 3. The topological polar surface area (TPSA) is 78.1 Å². The van der Waals surface area contributed by atoms with Crippen LogP contribution in [0, 0.1) is 18.7 Å². The number of H-pyrrole nitrogens is 1. The molecule has 26 heavy (non-hydrogen) atoms. The minimum Gasteiger partial charge on any atom is -0.342 e. The number of nitrogens with one attached hydrogen (secondary N) is 2. The molecule has 1 fully saturated rings. The van der Waals surface area contributed by atoms with Crippen molar-refractivity contribution < 1.29 is 14.0 Å². The number of nitrogens with zero attached hydrogens (tertiary/aromatic N) is 2. The maximum atomic E-state index is 13.1. The van der Waals surface area contributed by atoms with E-state index >= 15 is 0 Å². The lowest BCUT2D eigenvalue weighted by molar-refractivity contribution is -0.122. The van der Waals surface area contributed by atoms with Crippen LogP contribution in [0.15, 0.2) is 42.5 Å². The van der Waals surface area contributed by atoms with Gasteiger partial charge in [-0.15, -0.1) is 0 Å². The summed E-state index contributed by atoms with van der Waals surface area (Å²) < 4.78 is 13.1. The van der Waals surface area contributed by atoms with Crippen molar-refractivity contribution >= 4 is 34.2 Å². The van der Waals surface area contributed by atoms with E-state index in [0.717, 1.165) is 16.9 Å². The van der Waals surface area contributed by atoms with Gasteiger partial charge in [0.1, 0.15) is 11.6 Å². The third-order valence-electron chi connectivity index (χ3n) is 4.50. The number of imidazole rings is 1. The minimum absolute atomic E-state index is 0.134. The number of rotatable bonds is 3. The summed E-state index contributed by atoms with van der Waals surface area (Å²) in [7, 11) is 0. The summed E-state index contributed by atoms with van der Waals surface area (Å²) in [5, 5.41) is 2.86. The number of aryl methyl sites for hydroxylation is 1. The van der Waals surface area contributed by atoms with Crippen LogP contribution in [0.2, 0.25) is 0 Å². The van der Waals surface area contributed by atoms with Crippen LogP contribution in [0.1, 0.15) is 12.2 Å². The SMILES string of the molecule is Cc1nc2ccc(NC(=O)C3CC(=O)N(c4ccc(F)cc4)C3)cc2[nH]1. The molecule has 1 aliphatic heterocycles. The fourth-order valence-corrected chi connectivity index (χ4v) is 3.21. The van der Waals surface area contributed by atoms with E-state index in [2.05, 4.69) is 15.3 Å². The van der Waals surface area contributed by atoms with Crippen LogP contribution in [0.4, 0.5) is 15.8 Å². The van der Waals surface area contributed by atoms with Gasteiger partial charge in [0.25, 0.3) is 0 Å². The molecule has 1 saturated heterocycles. The van der Waals surface area contributed by atoms with Crippen LogP contribution in [-0.2, 0) is 9.59 Å². The number of amides is 2. The highest BCUT2D eigenvalue weighted by atomic mass is 19.1. The Kier molecular flexibility index (Phi) is 3.91. The molecule has 4 rings (SSSR count). The third-order valence-corrected chi connectivity index (χ3v) is 4.50. The first-order chi connectivity index (χ1) is 12.5. The molecule has 0 bridgehead atoms. The van der Waals surface area contributed by atoms with Gasteiger partial charge in [0.15, 0.2) is 0 Å². The lowest BCUT2D eigenvalue weighted by Gasteiger charge is -2.16. The molecule has 0 saturated carbocycles. The number of hydrogen-bond donors (Lipinski definition) is 2. The van der Waals surface area contributed by atoms with Crippen LogP contribution < -0.4 is 10.2 Å². The molecule has 2 aromatic carbocycles. The molecule has 1 aliphatic rings. The average Bonchev–Trinajstić information content (AvgIpc) is 3.17. The molecule has 1 unspecified atom stereocenters. The quantitative estimate of drug-likeness (QED) is 0.761. The molecule has 0 aliphatic carbocycles. The number of halogens is 1. The molecule has 2 heterocycles. The van der Waals surface area contributed by atoms with Crippen molar-refractivity contribution in [2.24, 2.45) is 5.92 Å². The zero-order valence-corrected chi connectivity index (χ0v) is 14.1. The van der Waals surface area contributed by atoms with Gasteiger partial charge in [0.2, 0.25) is 11.8 Å². The zero-order chi connectivity index (χ0) is 18.3. The van der Waals surface area contributed by atoms with E-state index in [0.29, 0.717) is 11.4 Å². The Bertz CT molecular complexity index is 996. The molecule has 2 N–H and O–H groups in total. The van der Waals surface area contributed by atoms with E-state index in [1.807, 2.05) is 19.1 Å². The molecule has 0 radical (unpaired) electrons. The second-order valence-corrected chi connectivity index (χ2v) is 6.43. The second kappa shape index (κ2) is 6.25. The van der Waals surface area contributed by atoms with E-state index in [1.165, 1.54) is 17.0 Å². The van der Waals surface area contributed by atoms with Crippen molar-refractivity contribution in [1.82, 2.24) is 9.97 Å². The summed E-state index contributed by atoms with van der Waals surface area (Å²) in [6, 6.07) is 11.1. The Morgan fingerprint density at radius 3 is 2.81 bits per heavy atom. The first kappa shape index (κ1) is 16.3. The van der Waals surface area contributed by atoms with Crippen molar-refractivity contribution in [3.05, 3.63) is 54.1 Å². The summed E-state index contributed by atoms with van der Waals surface area (Å²) in [6.45, 7) is 2.15. The van der Waals surface area contributed by atoms with Crippen LogP contribution in [0.25, 0.3) is 11.0 Å². The summed E-state index contributed by atoms with van der Waals surface area (Å²) >= 11 is 0. The normalized spacial score (nSPS) is 17.1. The highest BCUT2D eigenvalue weighted by Crippen LogP contribution is 2.26. The van der Waals surface area contributed by atoms with E-state index in [-0.39, 0.29) is 30.6 Å². The summed E-state index contributed by atoms with van der Waals surface area (Å²) in [5.41, 5.74) is 2.93. The number of carbonyl (C=O) groups excluding carboxylic acids is 2. The van der Waals surface area contributed by atoms with Crippen LogP contribution in [-0.4, -0.2) is 28.3 Å². The number of benzene rings is 2. The summed E-state index contributed by atoms with van der Waals surface area (Å²) in [5.74, 6) is -0.361. The van der Waals surface area contributed by atoms with Crippen molar-refractivity contribution in [3.8, 4) is 0 Å². The fourth-order valence-electron chi connectivity index (χ4n) is 3.21. The first-order valence-electron chi connectivity index (χ1n) is 8.33. The Labute approximate surface area is 149 Å². The van der Waals surface area contributed by atoms with E-state index < -0.39 is 5.92 Å². The van der Waals surface area contributed by atoms with Gasteiger partial charge in [-0.05, 0) is 49.4 Å². The Morgan fingerprint density at radius 1 is 1.27 bits per heavy atom. The monoisotopic (exact) mass is 352 g/mol. The van der Waals surface area contributed by atoms with E-state index in [4.69, 9.17) is 0 Å². The molecule has 0 spiro atoms. The maximum absolute atomic E-state index is 13.1. The second-order valence-electron chi connectivity index (χ2n) is 6.43. The minimum atomic E-state index is -0.452. The van der Waals surface area contributed by atoms with Crippen molar-refractivity contribution in [1.29, 1.82) is 0 Å². The number of fused-ring (bicyclic) bond motifs is 1. The largest absolute Gasteiger partial charge is 0.342 e. The summed E-state index contributed by atoms with van der Waals surface area (Å²) in [4.78, 5) is 33.8. The highest BCUT2D eigenvalue weighted by molar-refractivity contribution is 6.03. The predicted molar refractivity (Wildman–Crippen MR) is 96.3 cm³/mol. The Balaban J connectivity index is 1.47. The van der Waals surface area contributed by atoms with Crippen LogP contribution in [0.3, 0.4) is 0 Å². The standard InChI is InChI=1S/C19H17FN4O2/c1-11-21-16-7-4-14(9-17(16)22-11)23-19(26)12-8-18(25)24(10-12)15-5-2-13(20)3-6-15/h2-7,9,12H,8,10H2,1H3,(H,21,22)(H,23,26). The zero-order valence-electron chi connectivity index (χ0n) is 14.1. The number of aromatic amines is 1. The van der Waals surface area contributed by atoms with Crippen molar-refractivity contribution in [2.75, 3.05) is 16.8 Å². The van der Waals surface area contributed by atoms with E-state index in [1.54, 1.807) is 18.2 Å². The van der Waals surface area contributed by atoms with Crippen molar-refractivity contribution in [2.45, 2.75) is 13.3 Å². The number of aromatic nitrogens is 2. The lowest BCUT2D eigenvalue weighted by Crippen LogP contribution is -2.28. The van der Waals surface area contributed by atoms with Crippen LogP contribution >= 0.6 is 0 Å². The highest BCUT2D eigenvalue weighted by Gasteiger charge is 2.35. The van der Waals surface area contributed by atoms with Gasteiger partial charge < -0.3 is 15.2 Å². The molecular formula is C19H17FN4O2. The molecule has 132 valence electrons. The Hall–Kier alpha value is -3.22. The van der Waals surface area contributed by atoms with Gasteiger partial charge in [0, 0.05) is 24.3 Å².